The monoisotopic (exact) mass is 432 g/mol. The van der Waals surface area contributed by atoms with Crippen molar-refractivity contribution in [1.82, 2.24) is 4.90 Å². The highest BCUT2D eigenvalue weighted by molar-refractivity contribution is 5.85. The number of aliphatic hydroxyl groups excluding tert-OH is 1. The quantitative estimate of drug-likeness (QED) is 0.727. The molecule has 1 N–H and O–H groups in total. The Bertz CT molecular complexity index is 698. The Morgan fingerprint density at radius 2 is 1.64 bits per heavy atom. The van der Waals surface area contributed by atoms with Crippen LogP contribution in [-0.2, 0) is 0 Å². The highest BCUT2D eigenvalue weighted by atomic mass is 35.5. The van der Waals surface area contributed by atoms with E-state index in [0.29, 0.717) is 12.3 Å². The van der Waals surface area contributed by atoms with Gasteiger partial charge in [0, 0.05) is 44.5 Å². The summed E-state index contributed by atoms with van der Waals surface area (Å²) in [5, 5.41) is 10.2. The maximum Gasteiger partial charge on any atom is 0.123 e. The lowest BCUT2D eigenvalue weighted by atomic mass is 10.2. The molecule has 0 bridgehead atoms. The highest BCUT2D eigenvalue weighted by Crippen LogP contribution is 2.19. The summed E-state index contributed by atoms with van der Waals surface area (Å²) in [6, 6.07) is 13.9. The van der Waals surface area contributed by atoms with Gasteiger partial charge >= 0.3 is 0 Å². The van der Waals surface area contributed by atoms with Crippen molar-refractivity contribution in [3.05, 3.63) is 54.3 Å². The van der Waals surface area contributed by atoms with Gasteiger partial charge in [0.2, 0.25) is 0 Å². The number of hydrogen-bond acceptors (Lipinski definition) is 5. The number of halogens is 3. The Morgan fingerprint density at radius 3 is 2.29 bits per heavy atom. The smallest absolute Gasteiger partial charge is 0.123 e. The molecule has 1 atom stereocenters. The first-order chi connectivity index (χ1) is 12.6. The molecule has 1 aliphatic rings. The van der Waals surface area contributed by atoms with Crippen molar-refractivity contribution in [2.45, 2.75) is 6.10 Å². The standard InChI is InChI=1S/C20H25FN2O3.2ClH/c1-25-19-3-2-4-20(13-19)26-15-18(24)14-22-9-11-23(12-10-22)17-7-5-16(21)6-8-17;;/h2-8,13,18,24H,9-12,14-15H2,1H3;2*1H. The van der Waals surface area contributed by atoms with Crippen LogP contribution < -0.4 is 14.4 Å². The molecule has 1 saturated heterocycles. The summed E-state index contributed by atoms with van der Waals surface area (Å²) >= 11 is 0. The fraction of sp³-hybridized carbons (Fsp3) is 0.400. The first-order valence-corrected chi connectivity index (χ1v) is 8.82. The van der Waals surface area contributed by atoms with Crippen molar-refractivity contribution in [3.63, 3.8) is 0 Å². The van der Waals surface area contributed by atoms with Crippen LogP contribution in [0, 0.1) is 5.82 Å². The van der Waals surface area contributed by atoms with E-state index in [-0.39, 0.29) is 37.2 Å². The van der Waals surface area contributed by atoms with Crippen LogP contribution in [0.25, 0.3) is 0 Å². The number of hydrogen-bond donors (Lipinski definition) is 1. The first kappa shape index (κ1) is 24.3. The third-order valence-electron chi connectivity index (χ3n) is 4.52. The Kier molecular flexibility index (Phi) is 10.4. The zero-order chi connectivity index (χ0) is 18.4. The average Bonchev–Trinajstić information content (AvgIpc) is 2.68. The predicted octanol–water partition coefficient (Wildman–Crippen LogP) is 3.24. The molecular weight excluding hydrogens is 406 g/mol. The molecule has 0 spiro atoms. The van der Waals surface area contributed by atoms with Crippen LogP contribution >= 0.6 is 24.8 Å². The van der Waals surface area contributed by atoms with Gasteiger partial charge in [0.1, 0.15) is 30.0 Å². The lowest BCUT2D eigenvalue weighted by Gasteiger charge is -2.36. The van der Waals surface area contributed by atoms with Gasteiger partial charge in [-0.1, -0.05) is 6.07 Å². The number of piperazine rings is 1. The molecule has 1 fully saturated rings. The zero-order valence-electron chi connectivity index (χ0n) is 15.8. The summed E-state index contributed by atoms with van der Waals surface area (Å²) in [6.07, 6.45) is -0.557. The second kappa shape index (κ2) is 12.0. The van der Waals surface area contributed by atoms with Crippen LogP contribution in [0.5, 0.6) is 11.5 Å². The fourth-order valence-corrected chi connectivity index (χ4v) is 3.07. The van der Waals surface area contributed by atoms with Crippen LogP contribution in [0.4, 0.5) is 10.1 Å². The van der Waals surface area contributed by atoms with Gasteiger partial charge in [0.05, 0.1) is 7.11 Å². The molecule has 5 nitrogen and oxygen atoms in total. The van der Waals surface area contributed by atoms with Crippen LogP contribution in [-0.4, -0.2) is 62.6 Å². The molecule has 0 radical (unpaired) electrons. The number of ether oxygens (including phenoxy) is 2. The Labute approximate surface area is 177 Å². The number of nitrogens with zero attached hydrogens (tertiary/aromatic N) is 2. The maximum absolute atomic E-state index is 13.0. The second-order valence-corrected chi connectivity index (χ2v) is 6.41. The number of aliphatic hydroxyl groups is 1. The van der Waals surface area contributed by atoms with Gasteiger partial charge in [-0.15, -0.1) is 24.8 Å². The largest absolute Gasteiger partial charge is 0.497 e. The molecule has 1 heterocycles. The van der Waals surface area contributed by atoms with E-state index in [1.165, 1.54) is 12.1 Å². The Morgan fingerprint density at radius 1 is 1.00 bits per heavy atom. The Hall–Kier alpha value is -1.73. The number of methoxy groups -OCH3 is 1. The van der Waals surface area contributed by atoms with Crippen LogP contribution in [0.2, 0.25) is 0 Å². The van der Waals surface area contributed by atoms with Crippen LogP contribution in [0.15, 0.2) is 48.5 Å². The summed E-state index contributed by atoms with van der Waals surface area (Å²) in [6.45, 7) is 4.23. The van der Waals surface area contributed by atoms with E-state index in [2.05, 4.69) is 9.80 Å². The van der Waals surface area contributed by atoms with Gasteiger partial charge < -0.3 is 19.5 Å². The summed E-state index contributed by atoms with van der Waals surface area (Å²) in [4.78, 5) is 4.45. The minimum atomic E-state index is -0.557. The van der Waals surface area contributed by atoms with Crippen molar-refractivity contribution in [2.75, 3.05) is 51.3 Å². The van der Waals surface area contributed by atoms with Gasteiger partial charge in [0.25, 0.3) is 0 Å². The number of benzene rings is 2. The molecule has 2 aromatic rings. The maximum atomic E-state index is 13.0. The molecule has 0 amide bonds. The predicted molar refractivity (Wildman–Crippen MR) is 114 cm³/mol. The number of β-amino-alcohol motifs (C(OH)–C–C–N with tert-alkyl or cyclic N) is 1. The summed E-state index contributed by atoms with van der Waals surface area (Å²) < 4.78 is 23.8. The third kappa shape index (κ3) is 7.02. The minimum absolute atomic E-state index is 0. The van der Waals surface area contributed by atoms with Crippen molar-refractivity contribution in [1.29, 1.82) is 0 Å². The lowest BCUT2D eigenvalue weighted by Crippen LogP contribution is -2.49. The Balaban J connectivity index is 0.00000196. The second-order valence-electron chi connectivity index (χ2n) is 6.41. The fourth-order valence-electron chi connectivity index (χ4n) is 3.07. The summed E-state index contributed by atoms with van der Waals surface area (Å²) in [5.41, 5.74) is 1.04. The van der Waals surface area contributed by atoms with Gasteiger partial charge in [0.15, 0.2) is 0 Å². The van der Waals surface area contributed by atoms with E-state index >= 15 is 0 Å². The lowest BCUT2D eigenvalue weighted by molar-refractivity contribution is 0.0662. The summed E-state index contributed by atoms with van der Waals surface area (Å²) in [5.74, 6) is 1.20. The molecule has 0 aromatic heterocycles. The van der Waals surface area contributed by atoms with Crippen LogP contribution in [0.3, 0.4) is 0 Å². The molecule has 8 heteroatoms. The van der Waals surface area contributed by atoms with E-state index in [0.717, 1.165) is 37.6 Å². The van der Waals surface area contributed by atoms with E-state index in [4.69, 9.17) is 9.47 Å². The molecule has 0 aliphatic carbocycles. The van der Waals surface area contributed by atoms with Gasteiger partial charge in [-0.3, -0.25) is 4.90 Å². The van der Waals surface area contributed by atoms with Crippen molar-refractivity contribution in [3.8, 4) is 11.5 Å². The number of anilines is 1. The zero-order valence-corrected chi connectivity index (χ0v) is 17.4. The van der Waals surface area contributed by atoms with Gasteiger partial charge in [-0.05, 0) is 36.4 Å². The summed E-state index contributed by atoms with van der Waals surface area (Å²) in [7, 11) is 1.61. The van der Waals surface area contributed by atoms with Crippen molar-refractivity contribution >= 4 is 30.5 Å². The topological polar surface area (TPSA) is 45.2 Å². The molecule has 2 aromatic carbocycles. The molecule has 28 heavy (non-hydrogen) atoms. The van der Waals surface area contributed by atoms with Gasteiger partial charge in [-0.2, -0.15) is 0 Å². The van der Waals surface area contributed by atoms with Crippen LogP contribution in [0.1, 0.15) is 0 Å². The minimum Gasteiger partial charge on any atom is -0.497 e. The molecule has 156 valence electrons. The molecular formula is C20H27Cl2FN2O3. The van der Waals surface area contributed by atoms with Gasteiger partial charge in [-0.25, -0.2) is 4.39 Å². The molecule has 1 aliphatic heterocycles. The number of rotatable bonds is 7. The van der Waals surface area contributed by atoms with E-state index in [1.54, 1.807) is 13.2 Å². The van der Waals surface area contributed by atoms with Crippen molar-refractivity contribution in [2.24, 2.45) is 0 Å². The first-order valence-electron chi connectivity index (χ1n) is 8.82. The molecule has 0 saturated carbocycles. The average molecular weight is 433 g/mol. The molecule has 3 rings (SSSR count). The molecule has 1 unspecified atom stereocenters. The van der Waals surface area contributed by atoms with E-state index in [1.807, 2.05) is 30.3 Å². The van der Waals surface area contributed by atoms with E-state index in [9.17, 15) is 9.50 Å². The SMILES string of the molecule is COc1cccc(OCC(O)CN2CCN(c3ccc(F)cc3)CC2)c1.Cl.Cl. The van der Waals surface area contributed by atoms with Crippen molar-refractivity contribution < 1.29 is 19.0 Å². The highest BCUT2D eigenvalue weighted by Gasteiger charge is 2.19. The normalized spacial score (nSPS) is 15.2. The third-order valence-corrected chi connectivity index (χ3v) is 4.52. The van der Waals surface area contributed by atoms with E-state index < -0.39 is 6.10 Å².